The highest BCUT2D eigenvalue weighted by Crippen LogP contribution is 2.14. The van der Waals surface area contributed by atoms with E-state index in [2.05, 4.69) is 27.8 Å². The van der Waals surface area contributed by atoms with E-state index in [1.165, 1.54) is 5.56 Å². The van der Waals surface area contributed by atoms with Crippen LogP contribution in [-0.4, -0.2) is 10.1 Å². The number of para-hydroxylation sites is 2. The second kappa shape index (κ2) is 4.86. The molecule has 0 radical (unpaired) electrons. The summed E-state index contributed by atoms with van der Waals surface area (Å²) in [5, 5.41) is 9.93. The van der Waals surface area contributed by atoms with Crippen LogP contribution < -0.4 is 4.57 Å². The second-order valence-corrected chi connectivity index (χ2v) is 4.78. The van der Waals surface area contributed by atoms with Gasteiger partial charge >= 0.3 is 0 Å². The topological polar surface area (TPSA) is 39.9 Å². The molecule has 1 heterocycles. The summed E-state index contributed by atoms with van der Waals surface area (Å²) in [7, 11) is 0. The Balaban J connectivity index is 2.12. The largest absolute Gasteiger partial charge is 0.381 e. The summed E-state index contributed by atoms with van der Waals surface area (Å²) in [5.41, 5.74) is 3.38. The van der Waals surface area contributed by atoms with Gasteiger partial charge in [-0.3, -0.25) is 0 Å². The van der Waals surface area contributed by atoms with Crippen LogP contribution in [0.15, 0.2) is 54.6 Å². The Kier molecular flexibility index (Phi) is 3.05. The number of aliphatic hydroxyl groups excluding tert-OH is 1. The van der Waals surface area contributed by atoms with Gasteiger partial charge in [-0.2, -0.15) is 0 Å². The normalized spacial score (nSPS) is 12.7. The first kappa shape index (κ1) is 11.9. The van der Waals surface area contributed by atoms with Gasteiger partial charge in [-0.15, -0.1) is 0 Å². The maximum atomic E-state index is 9.93. The maximum absolute atomic E-state index is 9.93. The SMILES string of the molecule is CC(O)c1[nH]c2ccccc2[n+]1Cc1ccccc1. The zero-order valence-electron chi connectivity index (χ0n) is 10.9. The minimum atomic E-state index is -0.517. The Morgan fingerprint density at radius 2 is 1.74 bits per heavy atom. The van der Waals surface area contributed by atoms with Gasteiger partial charge < -0.3 is 5.11 Å². The van der Waals surface area contributed by atoms with Crippen LogP contribution in [0.2, 0.25) is 0 Å². The molecular formula is C16H17N2O+. The highest BCUT2D eigenvalue weighted by atomic mass is 16.3. The third-order valence-corrected chi connectivity index (χ3v) is 3.33. The van der Waals surface area contributed by atoms with Gasteiger partial charge in [0.15, 0.2) is 17.1 Å². The molecule has 3 rings (SSSR count). The van der Waals surface area contributed by atoms with Gasteiger partial charge in [0.05, 0.1) is 0 Å². The van der Waals surface area contributed by atoms with E-state index in [0.29, 0.717) is 0 Å². The van der Waals surface area contributed by atoms with Crippen molar-refractivity contribution in [3.05, 3.63) is 66.0 Å². The highest BCUT2D eigenvalue weighted by Gasteiger charge is 2.21. The lowest BCUT2D eigenvalue weighted by atomic mass is 10.2. The summed E-state index contributed by atoms with van der Waals surface area (Å²) in [4.78, 5) is 3.30. The van der Waals surface area contributed by atoms with Crippen LogP contribution in [0.25, 0.3) is 11.0 Å². The molecule has 2 N–H and O–H groups in total. The lowest BCUT2D eigenvalue weighted by Crippen LogP contribution is -2.38. The van der Waals surface area contributed by atoms with E-state index in [1.54, 1.807) is 6.92 Å². The van der Waals surface area contributed by atoms with Gasteiger partial charge in [-0.1, -0.05) is 42.5 Å². The first-order valence-electron chi connectivity index (χ1n) is 6.48. The van der Waals surface area contributed by atoms with E-state index in [0.717, 1.165) is 23.4 Å². The molecule has 1 atom stereocenters. The molecular weight excluding hydrogens is 236 g/mol. The van der Waals surface area contributed by atoms with Crippen LogP contribution in [0, 0.1) is 0 Å². The summed E-state index contributed by atoms with van der Waals surface area (Å²) in [6, 6.07) is 18.4. The summed E-state index contributed by atoms with van der Waals surface area (Å²) in [6.07, 6.45) is -0.517. The van der Waals surface area contributed by atoms with Crippen LogP contribution in [0.3, 0.4) is 0 Å². The quantitative estimate of drug-likeness (QED) is 0.692. The van der Waals surface area contributed by atoms with E-state index >= 15 is 0 Å². The van der Waals surface area contributed by atoms with Crippen LogP contribution in [0.5, 0.6) is 0 Å². The molecule has 0 fully saturated rings. The molecule has 3 aromatic rings. The summed E-state index contributed by atoms with van der Waals surface area (Å²) >= 11 is 0. The smallest absolute Gasteiger partial charge is 0.284 e. The first-order chi connectivity index (χ1) is 9.25. The fourth-order valence-electron chi connectivity index (χ4n) is 2.42. The molecule has 2 aromatic carbocycles. The minimum Gasteiger partial charge on any atom is -0.381 e. The van der Waals surface area contributed by atoms with Crippen molar-refractivity contribution in [2.45, 2.75) is 19.6 Å². The fourth-order valence-corrected chi connectivity index (χ4v) is 2.42. The first-order valence-corrected chi connectivity index (χ1v) is 6.48. The number of aliphatic hydroxyl groups is 1. The Labute approximate surface area is 112 Å². The van der Waals surface area contributed by atoms with Crippen LogP contribution in [0.4, 0.5) is 0 Å². The zero-order chi connectivity index (χ0) is 13.2. The number of hydrogen-bond donors (Lipinski definition) is 2. The van der Waals surface area contributed by atoms with Gasteiger partial charge in [0, 0.05) is 0 Å². The molecule has 0 saturated heterocycles. The van der Waals surface area contributed by atoms with Gasteiger partial charge in [-0.05, 0) is 24.6 Å². The summed E-state index contributed by atoms with van der Waals surface area (Å²) in [6.45, 7) is 2.54. The van der Waals surface area contributed by atoms with Gasteiger partial charge in [-0.25, -0.2) is 9.55 Å². The third kappa shape index (κ3) is 2.25. The molecule has 3 nitrogen and oxygen atoms in total. The average molecular weight is 253 g/mol. The van der Waals surface area contributed by atoms with Crippen molar-refractivity contribution < 1.29 is 9.67 Å². The molecule has 3 heteroatoms. The number of benzene rings is 2. The molecule has 0 aliphatic rings. The minimum absolute atomic E-state index is 0.517. The molecule has 0 bridgehead atoms. The predicted octanol–water partition coefficient (Wildman–Crippen LogP) is 2.56. The Bertz CT molecular complexity index is 686. The highest BCUT2D eigenvalue weighted by molar-refractivity contribution is 5.71. The summed E-state index contributed by atoms with van der Waals surface area (Å²) in [5.74, 6) is 0.838. The van der Waals surface area contributed by atoms with E-state index in [4.69, 9.17) is 0 Å². The van der Waals surface area contributed by atoms with Crippen molar-refractivity contribution in [1.29, 1.82) is 0 Å². The number of imidazole rings is 1. The van der Waals surface area contributed by atoms with Crippen molar-refractivity contribution in [2.75, 3.05) is 0 Å². The Hall–Kier alpha value is -2.13. The number of H-pyrrole nitrogens is 1. The maximum Gasteiger partial charge on any atom is 0.284 e. The van der Waals surface area contributed by atoms with Crippen LogP contribution in [-0.2, 0) is 6.54 Å². The monoisotopic (exact) mass is 253 g/mol. The van der Waals surface area contributed by atoms with E-state index in [1.807, 2.05) is 36.4 Å². The van der Waals surface area contributed by atoms with Gasteiger partial charge in [0.2, 0.25) is 0 Å². The second-order valence-electron chi connectivity index (χ2n) is 4.78. The van der Waals surface area contributed by atoms with Crippen LogP contribution in [0.1, 0.15) is 24.4 Å². The molecule has 0 saturated carbocycles. The molecule has 96 valence electrons. The van der Waals surface area contributed by atoms with Crippen molar-refractivity contribution in [3.8, 4) is 0 Å². The molecule has 1 unspecified atom stereocenters. The van der Waals surface area contributed by atoms with Gasteiger partial charge in [0.1, 0.15) is 6.54 Å². The van der Waals surface area contributed by atoms with Crippen molar-refractivity contribution in [3.63, 3.8) is 0 Å². The lowest BCUT2D eigenvalue weighted by molar-refractivity contribution is -0.673. The average Bonchev–Trinajstić information content (AvgIpc) is 2.79. The number of aromatic nitrogens is 2. The summed E-state index contributed by atoms with van der Waals surface area (Å²) < 4.78 is 2.13. The van der Waals surface area contributed by atoms with Gasteiger partial charge in [0.25, 0.3) is 5.82 Å². The molecule has 0 aliphatic heterocycles. The molecule has 19 heavy (non-hydrogen) atoms. The van der Waals surface area contributed by atoms with E-state index < -0.39 is 6.10 Å². The number of nitrogens with zero attached hydrogens (tertiary/aromatic N) is 1. The van der Waals surface area contributed by atoms with Crippen molar-refractivity contribution in [2.24, 2.45) is 0 Å². The van der Waals surface area contributed by atoms with E-state index in [9.17, 15) is 5.11 Å². The Morgan fingerprint density at radius 3 is 2.47 bits per heavy atom. The number of hydrogen-bond acceptors (Lipinski definition) is 1. The van der Waals surface area contributed by atoms with Crippen LogP contribution >= 0.6 is 0 Å². The fraction of sp³-hybridized carbons (Fsp3) is 0.188. The Morgan fingerprint density at radius 1 is 1.05 bits per heavy atom. The number of fused-ring (bicyclic) bond motifs is 1. The molecule has 0 amide bonds. The molecule has 1 aromatic heterocycles. The third-order valence-electron chi connectivity index (χ3n) is 3.33. The number of aromatic amines is 1. The van der Waals surface area contributed by atoms with E-state index in [-0.39, 0.29) is 0 Å². The number of nitrogens with one attached hydrogen (secondary N) is 1. The van der Waals surface area contributed by atoms with Crippen molar-refractivity contribution in [1.82, 2.24) is 4.98 Å². The predicted molar refractivity (Wildman–Crippen MR) is 74.7 cm³/mol. The standard InChI is InChI=1S/C16H16N2O/c1-12(19)16-17-14-9-5-6-10-15(14)18(16)11-13-7-3-2-4-8-13/h2-10,12,19H,11H2,1H3/p+1. The zero-order valence-corrected chi connectivity index (χ0v) is 10.9. The number of rotatable bonds is 3. The molecule has 0 spiro atoms. The van der Waals surface area contributed by atoms with Crippen molar-refractivity contribution >= 4 is 11.0 Å². The molecule has 0 aliphatic carbocycles. The lowest BCUT2D eigenvalue weighted by Gasteiger charge is -2.04.